The second kappa shape index (κ2) is 5.32. The molecule has 0 aliphatic carbocycles. The summed E-state index contributed by atoms with van der Waals surface area (Å²) in [5.41, 5.74) is 8.40. The minimum atomic E-state index is 0.287. The number of hydrogen-bond acceptors (Lipinski definition) is 2. The quantitative estimate of drug-likeness (QED) is 0.618. The number of nitrogens with zero attached hydrogens (tertiary/aromatic N) is 1. The zero-order valence-electron chi connectivity index (χ0n) is 10.4. The van der Waals surface area contributed by atoms with Gasteiger partial charge < -0.3 is 5.73 Å². The van der Waals surface area contributed by atoms with Crippen molar-refractivity contribution in [2.24, 2.45) is 5.73 Å². The minimum absolute atomic E-state index is 0.287. The lowest BCUT2D eigenvalue weighted by atomic mass is 10.0. The Morgan fingerprint density at radius 2 is 2.12 bits per heavy atom. The summed E-state index contributed by atoms with van der Waals surface area (Å²) in [6, 6.07) is 9.03. The van der Waals surface area contributed by atoms with Crippen molar-refractivity contribution in [2.75, 3.05) is 6.54 Å². The molecule has 0 fully saturated rings. The van der Waals surface area contributed by atoms with Crippen molar-refractivity contribution in [3.05, 3.63) is 35.4 Å². The minimum Gasteiger partial charge on any atom is -0.388 e. The Kier molecular flexibility index (Phi) is 3.79. The van der Waals surface area contributed by atoms with Gasteiger partial charge in [0, 0.05) is 19.0 Å². The van der Waals surface area contributed by atoms with E-state index in [0.29, 0.717) is 12.5 Å². The highest BCUT2D eigenvalue weighted by Crippen LogP contribution is 2.20. The summed E-state index contributed by atoms with van der Waals surface area (Å²) >= 11 is 0. The summed E-state index contributed by atoms with van der Waals surface area (Å²) in [7, 11) is 0. The Morgan fingerprint density at radius 3 is 2.82 bits per heavy atom. The van der Waals surface area contributed by atoms with Gasteiger partial charge in [0.2, 0.25) is 0 Å². The molecule has 0 saturated heterocycles. The number of fused-ring (bicyclic) bond motifs is 1. The van der Waals surface area contributed by atoms with E-state index in [9.17, 15) is 0 Å². The first kappa shape index (κ1) is 12.1. The van der Waals surface area contributed by atoms with Crippen molar-refractivity contribution < 1.29 is 0 Å². The Bertz CT molecular complexity index is 400. The molecule has 3 N–H and O–H groups in total. The number of rotatable bonds is 3. The molecule has 1 aromatic carbocycles. The van der Waals surface area contributed by atoms with E-state index in [-0.39, 0.29) is 5.84 Å². The SMILES string of the molecule is CC(CC(=N)N)N1CCCc2ccccc2C1. The van der Waals surface area contributed by atoms with E-state index < -0.39 is 0 Å². The van der Waals surface area contributed by atoms with Crippen molar-refractivity contribution in [3.63, 3.8) is 0 Å². The third-order valence-electron chi connectivity index (χ3n) is 3.52. The molecule has 3 heteroatoms. The fraction of sp³-hybridized carbons (Fsp3) is 0.500. The summed E-state index contributed by atoms with van der Waals surface area (Å²) < 4.78 is 0. The van der Waals surface area contributed by atoms with Gasteiger partial charge in [0.1, 0.15) is 0 Å². The first-order valence-corrected chi connectivity index (χ1v) is 6.30. The van der Waals surface area contributed by atoms with Gasteiger partial charge in [-0.05, 0) is 37.4 Å². The van der Waals surface area contributed by atoms with Crippen LogP contribution in [0.2, 0.25) is 0 Å². The van der Waals surface area contributed by atoms with Gasteiger partial charge in [-0.1, -0.05) is 24.3 Å². The molecule has 0 amide bonds. The molecule has 0 radical (unpaired) electrons. The van der Waals surface area contributed by atoms with Gasteiger partial charge in [-0.15, -0.1) is 0 Å². The van der Waals surface area contributed by atoms with E-state index in [1.165, 1.54) is 24.0 Å². The van der Waals surface area contributed by atoms with Crippen LogP contribution in [0, 0.1) is 5.41 Å². The fourth-order valence-electron chi connectivity index (χ4n) is 2.55. The second-order valence-electron chi connectivity index (χ2n) is 4.92. The lowest BCUT2D eigenvalue weighted by molar-refractivity contribution is 0.207. The fourth-order valence-corrected chi connectivity index (χ4v) is 2.55. The summed E-state index contributed by atoms with van der Waals surface area (Å²) in [6.45, 7) is 4.25. The number of aryl methyl sites for hydroxylation is 1. The largest absolute Gasteiger partial charge is 0.388 e. The predicted octanol–water partition coefficient (Wildman–Crippen LogP) is 2.15. The average molecular weight is 231 g/mol. The van der Waals surface area contributed by atoms with Gasteiger partial charge in [-0.3, -0.25) is 10.3 Å². The number of amidine groups is 1. The van der Waals surface area contributed by atoms with Crippen LogP contribution in [0.5, 0.6) is 0 Å². The highest BCUT2D eigenvalue weighted by atomic mass is 15.1. The molecule has 1 aromatic rings. The normalized spacial score (nSPS) is 18.2. The number of nitrogens with two attached hydrogens (primary N) is 1. The van der Waals surface area contributed by atoms with Crippen LogP contribution < -0.4 is 5.73 Å². The maximum atomic E-state index is 7.39. The van der Waals surface area contributed by atoms with E-state index in [1.54, 1.807) is 0 Å². The van der Waals surface area contributed by atoms with Crippen molar-refractivity contribution in [3.8, 4) is 0 Å². The smallest absolute Gasteiger partial charge is 0.0920 e. The predicted molar refractivity (Wildman–Crippen MR) is 71.2 cm³/mol. The Hall–Kier alpha value is -1.35. The van der Waals surface area contributed by atoms with Crippen LogP contribution >= 0.6 is 0 Å². The van der Waals surface area contributed by atoms with Crippen molar-refractivity contribution >= 4 is 5.84 Å². The number of hydrogen-bond donors (Lipinski definition) is 2. The molecule has 17 heavy (non-hydrogen) atoms. The Morgan fingerprint density at radius 1 is 1.41 bits per heavy atom. The van der Waals surface area contributed by atoms with Crippen molar-refractivity contribution in [2.45, 2.75) is 38.8 Å². The van der Waals surface area contributed by atoms with Crippen molar-refractivity contribution in [1.29, 1.82) is 5.41 Å². The van der Waals surface area contributed by atoms with E-state index in [1.807, 2.05) is 0 Å². The van der Waals surface area contributed by atoms with Gasteiger partial charge in [0.15, 0.2) is 0 Å². The molecular weight excluding hydrogens is 210 g/mol. The summed E-state index contributed by atoms with van der Waals surface area (Å²) in [6.07, 6.45) is 3.03. The molecule has 1 atom stereocenters. The topological polar surface area (TPSA) is 53.1 Å². The number of benzene rings is 1. The summed E-state index contributed by atoms with van der Waals surface area (Å²) in [4.78, 5) is 2.44. The molecule has 0 saturated carbocycles. The second-order valence-corrected chi connectivity index (χ2v) is 4.92. The monoisotopic (exact) mass is 231 g/mol. The molecular formula is C14H21N3. The molecule has 1 unspecified atom stereocenters. The zero-order chi connectivity index (χ0) is 12.3. The highest BCUT2D eigenvalue weighted by molar-refractivity contribution is 5.77. The maximum absolute atomic E-state index is 7.39. The van der Waals surface area contributed by atoms with Gasteiger partial charge >= 0.3 is 0 Å². The molecule has 1 aliphatic rings. The third kappa shape index (κ3) is 3.07. The van der Waals surface area contributed by atoms with Gasteiger partial charge in [0.05, 0.1) is 5.84 Å². The zero-order valence-corrected chi connectivity index (χ0v) is 10.4. The lowest BCUT2D eigenvalue weighted by Gasteiger charge is -2.27. The van der Waals surface area contributed by atoms with Gasteiger partial charge in [0.25, 0.3) is 0 Å². The molecule has 92 valence electrons. The van der Waals surface area contributed by atoms with Crippen LogP contribution in [-0.2, 0) is 13.0 Å². The van der Waals surface area contributed by atoms with Gasteiger partial charge in [-0.25, -0.2) is 0 Å². The molecule has 0 spiro atoms. The molecule has 3 nitrogen and oxygen atoms in total. The van der Waals surface area contributed by atoms with Crippen LogP contribution in [0.25, 0.3) is 0 Å². The molecule has 1 aliphatic heterocycles. The third-order valence-corrected chi connectivity index (χ3v) is 3.52. The standard InChI is InChI=1S/C14H21N3/c1-11(9-14(15)16)17-8-4-7-12-5-2-3-6-13(12)10-17/h2-3,5-6,11H,4,7-10H2,1H3,(H3,15,16). The van der Waals surface area contributed by atoms with Crippen LogP contribution in [0.3, 0.4) is 0 Å². The Balaban J connectivity index is 2.10. The first-order valence-electron chi connectivity index (χ1n) is 6.30. The lowest BCUT2D eigenvalue weighted by Crippen LogP contribution is -2.35. The van der Waals surface area contributed by atoms with Gasteiger partial charge in [-0.2, -0.15) is 0 Å². The van der Waals surface area contributed by atoms with E-state index in [0.717, 1.165) is 13.1 Å². The van der Waals surface area contributed by atoms with Crippen LogP contribution in [-0.4, -0.2) is 23.3 Å². The molecule has 1 heterocycles. The molecule has 2 rings (SSSR count). The van der Waals surface area contributed by atoms with E-state index in [4.69, 9.17) is 11.1 Å². The van der Waals surface area contributed by atoms with Crippen LogP contribution in [0.15, 0.2) is 24.3 Å². The van der Waals surface area contributed by atoms with Crippen LogP contribution in [0.4, 0.5) is 0 Å². The Labute approximate surface area is 103 Å². The average Bonchev–Trinajstić information content (AvgIpc) is 2.49. The van der Waals surface area contributed by atoms with E-state index >= 15 is 0 Å². The first-order chi connectivity index (χ1) is 8.16. The summed E-state index contributed by atoms with van der Waals surface area (Å²) in [5.74, 6) is 0.287. The molecule has 0 aromatic heterocycles. The van der Waals surface area contributed by atoms with E-state index in [2.05, 4.69) is 36.1 Å². The number of nitrogens with one attached hydrogen (secondary N) is 1. The van der Waals surface area contributed by atoms with Crippen LogP contribution in [0.1, 0.15) is 30.9 Å². The highest BCUT2D eigenvalue weighted by Gasteiger charge is 2.19. The molecule has 0 bridgehead atoms. The van der Waals surface area contributed by atoms with Crippen molar-refractivity contribution in [1.82, 2.24) is 4.90 Å². The summed E-state index contributed by atoms with van der Waals surface area (Å²) in [5, 5.41) is 7.39. The maximum Gasteiger partial charge on any atom is 0.0920 e.